The predicted molar refractivity (Wildman–Crippen MR) is 249 cm³/mol. The number of piperidine rings is 4. The van der Waals surface area contributed by atoms with Crippen LogP contribution in [0.3, 0.4) is 0 Å². The second kappa shape index (κ2) is 25.1. The van der Waals surface area contributed by atoms with Crippen LogP contribution in [-0.2, 0) is 28.4 Å². The van der Waals surface area contributed by atoms with Gasteiger partial charge in [-0.05, 0) is 183 Å². The molecule has 4 unspecified atom stereocenters. The maximum atomic E-state index is 13.7. The van der Waals surface area contributed by atoms with Crippen LogP contribution < -0.4 is 5.32 Å². The number of nitrogens with zero attached hydrogens (tertiary/aromatic N) is 3. The largest absolute Gasteiger partial charge is 0.480 e. The number of aliphatic carboxylic acids is 1. The van der Waals surface area contributed by atoms with Gasteiger partial charge in [0.1, 0.15) is 16.7 Å². The molecule has 5 heterocycles. The second-order valence-electron chi connectivity index (χ2n) is 20.3. The van der Waals surface area contributed by atoms with Gasteiger partial charge < -0.3 is 49.1 Å². The van der Waals surface area contributed by atoms with Gasteiger partial charge in [0.25, 0.3) is 0 Å². The van der Waals surface area contributed by atoms with Gasteiger partial charge in [-0.15, -0.1) is 0 Å². The zero-order valence-corrected chi connectivity index (χ0v) is 38.7. The molecule has 5 rings (SSSR count). The van der Waals surface area contributed by atoms with Crippen molar-refractivity contribution in [2.24, 2.45) is 11.8 Å². The van der Waals surface area contributed by atoms with Crippen molar-refractivity contribution in [2.45, 2.75) is 207 Å². The van der Waals surface area contributed by atoms with Crippen LogP contribution in [-0.4, -0.2) is 149 Å². The SMILES string of the molecule is C.C.COC(=O)C1(CCN2CCCCC2)C(CCCB2OC(C)(C)C(C)(C)O2)CCCN1C(=O)OC(C)(C)C.O=C(O)C1(CCN2CCCCC2)NCCCC1CCCB(O)O. The fourth-order valence-electron chi connectivity index (χ4n) is 10.3. The van der Waals surface area contributed by atoms with Crippen molar-refractivity contribution in [1.29, 1.82) is 0 Å². The number of nitrogens with one attached hydrogen (secondary N) is 1. The van der Waals surface area contributed by atoms with Gasteiger partial charge in [0.2, 0.25) is 0 Å². The third-order valence-electron chi connectivity index (χ3n) is 14.3. The predicted octanol–water partition coefficient (Wildman–Crippen LogP) is 7.50. The number of hydrogen-bond donors (Lipinski definition) is 4. The van der Waals surface area contributed by atoms with Crippen LogP contribution in [0.2, 0.25) is 12.6 Å². The summed E-state index contributed by atoms with van der Waals surface area (Å²) in [7, 11) is -0.121. The summed E-state index contributed by atoms with van der Waals surface area (Å²) in [6, 6.07) is 0. The molecule has 0 aromatic rings. The number of ether oxygens (including phenoxy) is 2. The lowest BCUT2D eigenvalue weighted by Gasteiger charge is -2.50. The van der Waals surface area contributed by atoms with E-state index < -0.39 is 35.9 Å². The molecule has 16 heteroatoms. The minimum atomic E-state index is -1.29. The first-order valence-electron chi connectivity index (χ1n) is 23.5. The molecule has 4 N–H and O–H groups in total. The standard InChI is InChI=1S/C28H51BN2O6.C16H31BN2O4.2CH4/c1-25(2,3)35-24(33)31-20-13-15-22(14-12-17-29-36-26(4,5)27(6,7)37-29)28(31,23(32)34-8)16-21-30-18-10-9-11-19-30;20-15(21)16(8-13-19-11-2-1-3-12-19)14(7-5-10-18-16)6-4-9-17(22)23;;/h22H,9-21H2,1-8H3;14,18,22-23H,1-13H2,(H,20,21);2*1H4. The van der Waals surface area contributed by atoms with E-state index >= 15 is 0 Å². The summed E-state index contributed by atoms with van der Waals surface area (Å²) in [5, 5.41) is 31.2. The third-order valence-corrected chi connectivity index (χ3v) is 14.3. The quantitative estimate of drug-likeness (QED) is 0.0889. The number of likely N-dealkylation sites (tertiary alicyclic amines) is 3. The molecule has 5 saturated heterocycles. The maximum Gasteiger partial charge on any atom is 0.457 e. The normalized spacial score (nSPS) is 27.8. The van der Waals surface area contributed by atoms with Crippen molar-refractivity contribution >= 4 is 32.3 Å². The Morgan fingerprint density at radius 2 is 1.31 bits per heavy atom. The Hall–Kier alpha value is -1.94. The molecule has 5 fully saturated rings. The highest BCUT2D eigenvalue weighted by Gasteiger charge is 2.56. The average molecular weight is 881 g/mol. The lowest BCUT2D eigenvalue weighted by atomic mass is 9.70. The van der Waals surface area contributed by atoms with Crippen molar-refractivity contribution in [3.63, 3.8) is 0 Å². The molecule has 0 aromatic carbocycles. The molecule has 360 valence electrons. The zero-order valence-electron chi connectivity index (χ0n) is 38.7. The highest BCUT2D eigenvalue weighted by Crippen LogP contribution is 2.43. The van der Waals surface area contributed by atoms with Crippen LogP contribution in [0, 0.1) is 11.8 Å². The fraction of sp³-hybridized carbons (Fsp3) is 0.935. The van der Waals surface area contributed by atoms with Gasteiger partial charge in [-0.3, -0.25) is 9.69 Å². The van der Waals surface area contributed by atoms with Gasteiger partial charge in [0.15, 0.2) is 0 Å². The molecule has 0 spiro atoms. The number of esters is 1. The number of carbonyl (C=O) groups excluding carboxylic acids is 2. The van der Waals surface area contributed by atoms with Crippen molar-refractivity contribution in [3.05, 3.63) is 0 Å². The molecule has 0 saturated carbocycles. The Morgan fingerprint density at radius 3 is 1.82 bits per heavy atom. The molecule has 5 aliphatic heterocycles. The molecule has 0 aliphatic carbocycles. The van der Waals surface area contributed by atoms with Gasteiger partial charge in [-0.1, -0.05) is 40.5 Å². The molecular weight excluding hydrogens is 790 g/mol. The van der Waals surface area contributed by atoms with Crippen LogP contribution in [0.1, 0.15) is 166 Å². The lowest BCUT2D eigenvalue weighted by Crippen LogP contribution is -2.65. The molecule has 4 atom stereocenters. The zero-order chi connectivity index (χ0) is 44.2. The summed E-state index contributed by atoms with van der Waals surface area (Å²) >= 11 is 0. The molecule has 0 bridgehead atoms. The Kier molecular flexibility index (Phi) is 22.7. The number of hydrogen-bond acceptors (Lipinski definition) is 12. The van der Waals surface area contributed by atoms with Crippen LogP contribution in [0.4, 0.5) is 4.79 Å². The number of carbonyl (C=O) groups is 3. The summed E-state index contributed by atoms with van der Waals surface area (Å²) in [6.45, 7) is 20.9. The molecule has 1 amide bonds. The molecule has 5 aliphatic rings. The van der Waals surface area contributed by atoms with Crippen LogP contribution in [0.25, 0.3) is 0 Å². The number of amides is 1. The van der Waals surface area contributed by atoms with Gasteiger partial charge in [-0.25, -0.2) is 9.59 Å². The first-order valence-corrected chi connectivity index (χ1v) is 23.5. The minimum Gasteiger partial charge on any atom is -0.480 e. The number of carboxylic acids is 1. The molecule has 14 nitrogen and oxygen atoms in total. The number of rotatable bonds is 16. The Labute approximate surface area is 377 Å². The van der Waals surface area contributed by atoms with E-state index in [4.69, 9.17) is 28.8 Å². The van der Waals surface area contributed by atoms with E-state index in [1.54, 1.807) is 4.90 Å². The van der Waals surface area contributed by atoms with Crippen molar-refractivity contribution in [2.75, 3.05) is 59.5 Å². The smallest absolute Gasteiger partial charge is 0.457 e. The monoisotopic (exact) mass is 881 g/mol. The van der Waals surface area contributed by atoms with Crippen LogP contribution in [0.5, 0.6) is 0 Å². The number of carboxylic acid groups (broad SMARTS) is 1. The van der Waals surface area contributed by atoms with Crippen molar-refractivity contribution in [1.82, 2.24) is 20.0 Å². The van der Waals surface area contributed by atoms with Crippen LogP contribution >= 0.6 is 0 Å². The Morgan fingerprint density at radius 1 is 0.774 bits per heavy atom. The first kappa shape index (κ1) is 56.2. The fourth-order valence-corrected chi connectivity index (χ4v) is 10.3. The molecular formula is C46H90B2N4O10. The van der Waals surface area contributed by atoms with Gasteiger partial charge >= 0.3 is 32.3 Å². The van der Waals surface area contributed by atoms with E-state index in [1.165, 1.54) is 45.6 Å². The molecule has 62 heavy (non-hydrogen) atoms. The van der Waals surface area contributed by atoms with E-state index in [-0.39, 0.29) is 51.0 Å². The van der Waals surface area contributed by atoms with Crippen molar-refractivity contribution < 1.29 is 48.3 Å². The minimum absolute atomic E-state index is 0. The summed E-state index contributed by atoms with van der Waals surface area (Å²) in [6.07, 6.45) is 15.8. The summed E-state index contributed by atoms with van der Waals surface area (Å²) in [4.78, 5) is 45.8. The lowest BCUT2D eigenvalue weighted by molar-refractivity contribution is -0.164. The molecule has 0 radical (unpaired) electrons. The van der Waals surface area contributed by atoms with Crippen molar-refractivity contribution in [3.8, 4) is 0 Å². The van der Waals surface area contributed by atoms with Crippen LogP contribution in [0.15, 0.2) is 0 Å². The van der Waals surface area contributed by atoms with E-state index in [9.17, 15) is 19.5 Å². The number of methoxy groups -OCH3 is 1. The topological polar surface area (TPSA) is 171 Å². The average Bonchev–Trinajstić information content (AvgIpc) is 3.41. The Balaban J connectivity index is 0.000000457. The first-order chi connectivity index (χ1) is 28.3. The highest BCUT2D eigenvalue weighted by molar-refractivity contribution is 6.45. The third kappa shape index (κ3) is 15.1. The summed E-state index contributed by atoms with van der Waals surface area (Å²) in [5.74, 6) is -1.02. The maximum absolute atomic E-state index is 13.7. The Bertz CT molecular complexity index is 1340. The van der Waals surface area contributed by atoms with Gasteiger partial charge in [0, 0.05) is 19.6 Å². The summed E-state index contributed by atoms with van der Waals surface area (Å²) in [5.41, 5.74) is -3.26. The summed E-state index contributed by atoms with van der Waals surface area (Å²) < 4.78 is 23.7. The van der Waals surface area contributed by atoms with Gasteiger partial charge in [0.05, 0.1) is 18.3 Å². The molecule has 0 aromatic heterocycles. The second-order valence-corrected chi connectivity index (χ2v) is 20.3. The van der Waals surface area contributed by atoms with E-state index in [1.807, 2.05) is 20.8 Å². The van der Waals surface area contributed by atoms with E-state index in [2.05, 4.69) is 42.8 Å². The van der Waals surface area contributed by atoms with E-state index in [0.29, 0.717) is 32.1 Å². The van der Waals surface area contributed by atoms with E-state index in [0.717, 1.165) is 97.1 Å². The highest BCUT2D eigenvalue weighted by atomic mass is 16.7. The van der Waals surface area contributed by atoms with Gasteiger partial charge in [-0.2, -0.15) is 0 Å².